The van der Waals surface area contributed by atoms with Gasteiger partial charge in [0, 0.05) is 15.7 Å². The lowest BCUT2D eigenvalue weighted by atomic mass is 10.0. The molecule has 0 radical (unpaired) electrons. The van der Waals surface area contributed by atoms with Gasteiger partial charge in [0.05, 0.1) is 5.56 Å². The van der Waals surface area contributed by atoms with Crippen LogP contribution in [0.4, 0.5) is 10.5 Å². The number of alkyl carbamates (subject to hydrolysis) is 1. The minimum Gasteiger partial charge on any atom is -0.445 e. The molecule has 2 amide bonds. The molecule has 3 rings (SSSR count). The van der Waals surface area contributed by atoms with Crippen LogP contribution < -0.4 is 15.4 Å². The number of carbonyl (C=O) groups excluding carboxylic acids is 3. The summed E-state index contributed by atoms with van der Waals surface area (Å²) in [6.07, 6.45) is -0.763. The number of carbonyl (C=O) groups is 3. The average Bonchev–Trinajstić information content (AvgIpc) is 2.84. The zero-order valence-corrected chi connectivity index (χ0v) is 20.6. The van der Waals surface area contributed by atoms with Crippen LogP contribution >= 0.6 is 23.2 Å². The molecule has 0 saturated carbocycles. The summed E-state index contributed by atoms with van der Waals surface area (Å²) in [5.41, 5.74) is 1.36. The van der Waals surface area contributed by atoms with E-state index >= 15 is 0 Å². The van der Waals surface area contributed by atoms with Crippen molar-refractivity contribution < 1.29 is 23.9 Å². The average molecular weight is 515 g/mol. The zero-order valence-electron chi connectivity index (χ0n) is 19.1. The number of nitrogens with one attached hydrogen (secondary N) is 2. The Hall–Kier alpha value is -3.55. The molecule has 0 saturated heterocycles. The first kappa shape index (κ1) is 26.1. The smallest absolute Gasteiger partial charge is 0.408 e. The number of halogens is 2. The largest absolute Gasteiger partial charge is 0.445 e. The van der Waals surface area contributed by atoms with Crippen molar-refractivity contribution in [3.63, 3.8) is 0 Å². The number of rotatable bonds is 8. The van der Waals surface area contributed by atoms with E-state index < -0.39 is 24.0 Å². The summed E-state index contributed by atoms with van der Waals surface area (Å²) < 4.78 is 10.7. The first-order chi connectivity index (χ1) is 16.7. The highest BCUT2D eigenvalue weighted by Gasteiger charge is 2.28. The van der Waals surface area contributed by atoms with E-state index in [-0.39, 0.29) is 28.9 Å². The fourth-order valence-electron chi connectivity index (χ4n) is 3.06. The lowest BCUT2D eigenvalue weighted by Gasteiger charge is -2.21. The van der Waals surface area contributed by atoms with Crippen molar-refractivity contribution in [2.24, 2.45) is 5.92 Å². The third kappa shape index (κ3) is 7.73. The van der Waals surface area contributed by atoms with Gasteiger partial charge in [0.1, 0.15) is 18.4 Å². The highest BCUT2D eigenvalue weighted by molar-refractivity contribution is 6.31. The topological polar surface area (TPSA) is 93.7 Å². The third-order valence-corrected chi connectivity index (χ3v) is 5.39. The summed E-state index contributed by atoms with van der Waals surface area (Å²) in [6, 6.07) is 19.0. The molecule has 0 unspecified atom stereocenters. The van der Waals surface area contributed by atoms with Crippen LogP contribution in [-0.2, 0) is 16.1 Å². The van der Waals surface area contributed by atoms with Gasteiger partial charge in [0.15, 0.2) is 0 Å². The van der Waals surface area contributed by atoms with E-state index in [0.717, 1.165) is 5.56 Å². The lowest BCUT2D eigenvalue weighted by molar-refractivity contribution is -0.137. The Morgan fingerprint density at radius 3 is 2.20 bits per heavy atom. The van der Waals surface area contributed by atoms with Gasteiger partial charge < -0.3 is 20.1 Å². The summed E-state index contributed by atoms with van der Waals surface area (Å²) in [5, 5.41) is 6.05. The van der Waals surface area contributed by atoms with Crippen molar-refractivity contribution in [3.05, 3.63) is 94.0 Å². The van der Waals surface area contributed by atoms with Crippen LogP contribution in [0.1, 0.15) is 29.8 Å². The van der Waals surface area contributed by atoms with E-state index in [2.05, 4.69) is 10.6 Å². The van der Waals surface area contributed by atoms with E-state index in [9.17, 15) is 14.4 Å². The van der Waals surface area contributed by atoms with Crippen molar-refractivity contribution >= 4 is 46.9 Å². The minimum atomic E-state index is -1.01. The molecule has 0 bridgehead atoms. The number of anilines is 1. The van der Waals surface area contributed by atoms with Gasteiger partial charge in [-0.05, 0) is 53.9 Å². The number of esters is 1. The van der Waals surface area contributed by atoms with Crippen LogP contribution in [0.2, 0.25) is 10.0 Å². The molecule has 0 aliphatic rings. The van der Waals surface area contributed by atoms with E-state index in [1.54, 1.807) is 38.1 Å². The van der Waals surface area contributed by atoms with Crippen molar-refractivity contribution in [3.8, 4) is 5.75 Å². The Balaban J connectivity index is 1.69. The maximum absolute atomic E-state index is 12.9. The van der Waals surface area contributed by atoms with E-state index in [0.29, 0.717) is 10.7 Å². The summed E-state index contributed by atoms with van der Waals surface area (Å²) in [6.45, 7) is 3.55. The minimum absolute atomic E-state index is 0.00373. The van der Waals surface area contributed by atoms with E-state index in [1.807, 2.05) is 30.3 Å². The number of hydrogen-bond acceptors (Lipinski definition) is 5. The number of ether oxygens (including phenoxy) is 2. The molecular weight excluding hydrogens is 491 g/mol. The predicted molar refractivity (Wildman–Crippen MR) is 135 cm³/mol. The van der Waals surface area contributed by atoms with Gasteiger partial charge in [-0.15, -0.1) is 0 Å². The lowest BCUT2D eigenvalue weighted by Crippen LogP contribution is -2.46. The fraction of sp³-hybridized carbons (Fsp3) is 0.192. The molecule has 0 fully saturated rings. The van der Waals surface area contributed by atoms with Crippen LogP contribution in [0.25, 0.3) is 0 Å². The quantitative estimate of drug-likeness (QED) is 0.279. The molecule has 0 spiro atoms. The Labute approximate surface area is 213 Å². The second-order valence-corrected chi connectivity index (χ2v) is 8.82. The van der Waals surface area contributed by atoms with Crippen LogP contribution in [0.5, 0.6) is 5.75 Å². The van der Waals surface area contributed by atoms with Gasteiger partial charge >= 0.3 is 12.1 Å². The van der Waals surface area contributed by atoms with Crippen LogP contribution in [0.15, 0.2) is 72.8 Å². The predicted octanol–water partition coefficient (Wildman–Crippen LogP) is 6.10. The molecule has 9 heteroatoms. The maximum atomic E-state index is 12.9. The molecule has 0 aromatic heterocycles. The standard InChI is InChI=1S/C26H24Cl2N2O5/c1-16(2)23(30-26(33)34-15-17-6-4-3-5-7-17)25(32)35-22-13-10-19(28)14-21(22)24(31)29-20-11-8-18(27)9-12-20/h3-14,16,23H,15H2,1-2H3,(H,29,31)(H,30,33)/t23-/m0/s1. The Bertz CT molecular complexity index is 1180. The molecule has 0 heterocycles. The first-order valence-electron chi connectivity index (χ1n) is 10.8. The van der Waals surface area contributed by atoms with Gasteiger partial charge in [-0.1, -0.05) is 67.4 Å². The maximum Gasteiger partial charge on any atom is 0.408 e. The van der Waals surface area contributed by atoms with Gasteiger partial charge in [0.25, 0.3) is 5.91 Å². The van der Waals surface area contributed by atoms with Crippen molar-refractivity contribution in [2.75, 3.05) is 5.32 Å². The fourth-order valence-corrected chi connectivity index (χ4v) is 3.36. The number of hydrogen-bond donors (Lipinski definition) is 2. The summed E-state index contributed by atoms with van der Waals surface area (Å²) >= 11 is 12.0. The normalized spacial score (nSPS) is 11.5. The molecule has 182 valence electrons. The molecule has 1 atom stereocenters. The Morgan fingerprint density at radius 1 is 0.886 bits per heavy atom. The van der Waals surface area contributed by atoms with Crippen LogP contribution in [-0.4, -0.2) is 24.0 Å². The van der Waals surface area contributed by atoms with Gasteiger partial charge in [-0.2, -0.15) is 0 Å². The molecule has 3 aromatic carbocycles. The van der Waals surface area contributed by atoms with Crippen molar-refractivity contribution in [2.45, 2.75) is 26.5 Å². The Morgan fingerprint density at radius 2 is 1.54 bits per heavy atom. The second-order valence-electron chi connectivity index (χ2n) is 7.95. The van der Waals surface area contributed by atoms with Gasteiger partial charge in [-0.3, -0.25) is 4.79 Å². The highest BCUT2D eigenvalue weighted by Crippen LogP contribution is 2.25. The van der Waals surface area contributed by atoms with Gasteiger partial charge in [-0.25, -0.2) is 9.59 Å². The summed E-state index contributed by atoms with van der Waals surface area (Å²) in [4.78, 5) is 38.1. The molecule has 0 aliphatic carbocycles. The Kier molecular flexibility index (Phi) is 9.11. The van der Waals surface area contributed by atoms with E-state index in [1.165, 1.54) is 18.2 Å². The molecule has 35 heavy (non-hydrogen) atoms. The van der Waals surface area contributed by atoms with Crippen LogP contribution in [0.3, 0.4) is 0 Å². The number of benzene rings is 3. The summed E-state index contributed by atoms with van der Waals surface area (Å²) in [7, 11) is 0. The first-order valence-corrected chi connectivity index (χ1v) is 11.5. The summed E-state index contributed by atoms with van der Waals surface area (Å²) in [5.74, 6) is -1.60. The molecule has 0 aliphatic heterocycles. The monoisotopic (exact) mass is 514 g/mol. The zero-order chi connectivity index (χ0) is 25.4. The van der Waals surface area contributed by atoms with Crippen LogP contribution in [0, 0.1) is 5.92 Å². The molecule has 2 N–H and O–H groups in total. The molecular formula is C26H24Cl2N2O5. The molecule has 3 aromatic rings. The van der Waals surface area contributed by atoms with Crippen molar-refractivity contribution in [1.82, 2.24) is 5.32 Å². The SMILES string of the molecule is CC(C)[C@H](NC(=O)OCc1ccccc1)C(=O)Oc1ccc(Cl)cc1C(=O)Nc1ccc(Cl)cc1. The number of amides is 2. The second kappa shape index (κ2) is 12.2. The highest BCUT2D eigenvalue weighted by atomic mass is 35.5. The van der Waals surface area contributed by atoms with Crippen molar-refractivity contribution in [1.29, 1.82) is 0 Å². The van der Waals surface area contributed by atoms with Gasteiger partial charge in [0.2, 0.25) is 0 Å². The molecule has 7 nitrogen and oxygen atoms in total. The van der Waals surface area contributed by atoms with E-state index in [4.69, 9.17) is 32.7 Å². The third-order valence-electron chi connectivity index (χ3n) is 4.91.